The molecular weight excluding hydrogens is 390 g/mol. The Morgan fingerprint density at radius 1 is 1.17 bits per heavy atom. The third-order valence-electron chi connectivity index (χ3n) is 4.09. The average molecular weight is 418 g/mol. The molecule has 0 aliphatic carbocycles. The first-order chi connectivity index (χ1) is 13.4. The standard InChI is InChI=1S/C20H27N5O3S/c1-11(2)12-6-8-13(9-7-12)25(10-14(26)23-20(3,4)5)19(28)17-15(21)16(18(22)27)24-29-17/h6-9,11H,10,21H2,1-5H3,(H2,22,27)(H,23,26). The number of nitrogens with zero attached hydrogens (tertiary/aromatic N) is 2. The normalized spacial score (nSPS) is 11.4. The van der Waals surface area contributed by atoms with Crippen molar-refractivity contribution in [2.75, 3.05) is 17.2 Å². The lowest BCUT2D eigenvalue weighted by Crippen LogP contribution is -2.47. The largest absolute Gasteiger partial charge is 0.395 e. The maximum absolute atomic E-state index is 13.2. The lowest BCUT2D eigenvalue weighted by Gasteiger charge is -2.26. The number of hydrogen-bond acceptors (Lipinski definition) is 6. The Hall–Kier alpha value is -2.94. The van der Waals surface area contributed by atoms with Crippen LogP contribution < -0.4 is 21.7 Å². The number of rotatable bonds is 6. The SMILES string of the molecule is CC(C)c1ccc(N(CC(=O)NC(C)(C)C)C(=O)c2snc(C(N)=O)c2N)cc1. The van der Waals surface area contributed by atoms with Gasteiger partial charge in [-0.25, -0.2) is 0 Å². The summed E-state index contributed by atoms with van der Waals surface area (Å²) < 4.78 is 3.88. The van der Waals surface area contributed by atoms with E-state index in [4.69, 9.17) is 11.5 Å². The Morgan fingerprint density at radius 2 is 1.76 bits per heavy atom. The molecule has 0 atom stereocenters. The molecule has 3 amide bonds. The molecule has 156 valence electrons. The van der Waals surface area contributed by atoms with Gasteiger partial charge >= 0.3 is 0 Å². The van der Waals surface area contributed by atoms with E-state index in [-0.39, 0.29) is 28.7 Å². The number of nitrogens with two attached hydrogens (primary N) is 2. The van der Waals surface area contributed by atoms with Crippen LogP contribution in [-0.4, -0.2) is 34.2 Å². The Morgan fingerprint density at radius 3 is 2.21 bits per heavy atom. The summed E-state index contributed by atoms with van der Waals surface area (Å²) in [6.07, 6.45) is 0. The zero-order valence-corrected chi connectivity index (χ0v) is 18.1. The van der Waals surface area contributed by atoms with E-state index in [9.17, 15) is 14.4 Å². The predicted molar refractivity (Wildman–Crippen MR) is 115 cm³/mol. The van der Waals surface area contributed by atoms with Crippen LogP contribution in [0.25, 0.3) is 0 Å². The van der Waals surface area contributed by atoms with Crippen molar-refractivity contribution in [1.82, 2.24) is 9.69 Å². The minimum absolute atomic E-state index is 0.0651. The van der Waals surface area contributed by atoms with Gasteiger partial charge in [0.2, 0.25) is 5.91 Å². The summed E-state index contributed by atoms with van der Waals surface area (Å²) >= 11 is 0.785. The molecule has 1 heterocycles. The topological polar surface area (TPSA) is 131 Å². The van der Waals surface area contributed by atoms with Crippen molar-refractivity contribution in [3.8, 4) is 0 Å². The summed E-state index contributed by atoms with van der Waals surface area (Å²) in [7, 11) is 0. The molecular formula is C20H27N5O3S. The smallest absolute Gasteiger partial charge is 0.272 e. The Balaban J connectivity index is 2.42. The molecule has 1 aromatic carbocycles. The van der Waals surface area contributed by atoms with Gasteiger partial charge in [-0.2, -0.15) is 4.37 Å². The second-order valence-electron chi connectivity index (χ2n) is 8.07. The Bertz CT molecular complexity index is 913. The van der Waals surface area contributed by atoms with Crippen molar-refractivity contribution in [3.05, 3.63) is 40.4 Å². The van der Waals surface area contributed by atoms with Crippen molar-refractivity contribution in [3.63, 3.8) is 0 Å². The van der Waals surface area contributed by atoms with Crippen LogP contribution in [0, 0.1) is 0 Å². The number of anilines is 2. The summed E-state index contributed by atoms with van der Waals surface area (Å²) in [6, 6.07) is 7.38. The van der Waals surface area contributed by atoms with E-state index >= 15 is 0 Å². The first-order valence-electron chi connectivity index (χ1n) is 9.18. The number of carbonyl (C=O) groups is 3. The Kier molecular flexibility index (Phi) is 6.63. The molecule has 0 saturated heterocycles. The quantitative estimate of drug-likeness (QED) is 0.664. The zero-order chi connectivity index (χ0) is 21.9. The van der Waals surface area contributed by atoms with Gasteiger partial charge in [-0.1, -0.05) is 26.0 Å². The fraction of sp³-hybridized carbons (Fsp3) is 0.400. The van der Waals surface area contributed by atoms with E-state index in [0.717, 1.165) is 17.1 Å². The van der Waals surface area contributed by atoms with Gasteiger partial charge < -0.3 is 16.8 Å². The maximum Gasteiger partial charge on any atom is 0.272 e. The molecule has 2 aromatic rings. The van der Waals surface area contributed by atoms with E-state index in [1.807, 2.05) is 32.9 Å². The van der Waals surface area contributed by atoms with E-state index in [1.54, 1.807) is 12.1 Å². The monoisotopic (exact) mass is 417 g/mol. The van der Waals surface area contributed by atoms with E-state index in [0.29, 0.717) is 11.6 Å². The highest BCUT2D eigenvalue weighted by molar-refractivity contribution is 7.09. The second-order valence-corrected chi connectivity index (χ2v) is 8.85. The molecule has 29 heavy (non-hydrogen) atoms. The van der Waals surface area contributed by atoms with Gasteiger partial charge in [-0.15, -0.1) is 0 Å². The minimum Gasteiger partial charge on any atom is -0.395 e. The molecule has 0 bridgehead atoms. The summed E-state index contributed by atoms with van der Waals surface area (Å²) in [6.45, 7) is 9.49. The summed E-state index contributed by atoms with van der Waals surface area (Å²) in [5.74, 6) is -1.32. The fourth-order valence-corrected chi connectivity index (χ4v) is 3.43. The highest BCUT2D eigenvalue weighted by Gasteiger charge is 2.28. The lowest BCUT2D eigenvalue weighted by atomic mass is 10.0. The van der Waals surface area contributed by atoms with Crippen molar-refractivity contribution in [2.24, 2.45) is 5.73 Å². The highest BCUT2D eigenvalue weighted by atomic mass is 32.1. The zero-order valence-electron chi connectivity index (χ0n) is 17.3. The molecule has 0 spiro atoms. The van der Waals surface area contributed by atoms with Gasteiger partial charge in [-0.3, -0.25) is 19.3 Å². The van der Waals surface area contributed by atoms with Crippen LogP contribution in [0.3, 0.4) is 0 Å². The molecule has 0 radical (unpaired) electrons. The van der Waals surface area contributed by atoms with Crippen LogP contribution in [0.15, 0.2) is 24.3 Å². The van der Waals surface area contributed by atoms with Crippen LogP contribution in [0.5, 0.6) is 0 Å². The van der Waals surface area contributed by atoms with Gasteiger partial charge in [0.05, 0.1) is 5.69 Å². The first-order valence-corrected chi connectivity index (χ1v) is 9.96. The van der Waals surface area contributed by atoms with Crippen LogP contribution in [0.1, 0.15) is 66.3 Å². The maximum atomic E-state index is 13.2. The summed E-state index contributed by atoms with van der Waals surface area (Å²) in [4.78, 5) is 38.6. The number of primary amides is 1. The van der Waals surface area contributed by atoms with Crippen molar-refractivity contribution >= 4 is 40.6 Å². The molecule has 8 nitrogen and oxygen atoms in total. The van der Waals surface area contributed by atoms with Crippen LogP contribution >= 0.6 is 11.5 Å². The number of amides is 3. The first kappa shape index (κ1) is 22.4. The van der Waals surface area contributed by atoms with E-state index in [1.165, 1.54) is 4.90 Å². The van der Waals surface area contributed by atoms with E-state index < -0.39 is 17.4 Å². The van der Waals surface area contributed by atoms with Crippen LogP contribution in [0.4, 0.5) is 11.4 Å². The Labute approximate surface area is 174 Å². The van der Waals surface area contributed by atoms with E-state index in [2.05, 4.69) is 23.5 Å². The highest BCUT2D eigenvalue weighted by Crippen LogP contribution is 2.27. The molecule has 0 fully saturated rings. The van der Waals surface area contributed by atoms with Crippen LogP contribution in [0.2, 0.25) is 0 Å². The predicted octanol–water partition coefficient (Wildman–Crippen LogP) is 2.51. The summed E-state index contributed by atoms with van der Waals surface area (Å²) in [5, 5.41) is 2.84. The third kappa shape index (κ3) is 5.54. The number of benzene rings is 1. The lowest BCUT2D eigenvalue weighted by molar-refractivity contribution is -0.121. The number of nitrogens with one attached hydrogen (secondary N) is 1. The molecule has 0 aliphatic heterocycles. The van der Waals surface area contributed by atoms with Gasteiger partial charge in [0, 0.05) is 11.2 Å². The fourth-order valence-electron chi connectivity index (χ4n) is 2.67. The minimum atomic E-state index is -0.809. The number of nitrogen functional groups attached to an aromatic ring is 1. The molecule has 0 aliphatic rings. The van der Waals surface area contributed by atoms with Gasteiger partial charge in [0.1, 0.15) is 11.4 Å². The average Bonchev–Trinajstić information content (AvgIpc) is 2.99. The number of aromatic nitrogens is 1. The van der Waals surface area contributed by atoms with Crippen molar-refractivity contribution < 1.29 is 14.4 Å². The van der Waals surface area contributed by atoms with Crippen molar-refractivity contribution in [1.29, 1.82) is 0 Å². The molecule has 2 rings (SSSR count). The molecule has 9 heteroatoms. The number of hydrogen-bond donors (Lipinski definition) is 3. The van der Waals surface area contributed by atoms with Gasteiger partial charge in [-0.05, 0) is 55.9 Å². The number of carbonyl (C=O) groups excluding carboxylic acids is 3. The third-order valence-corrected chi connectivity index (χ3v) is 4.94. The molecule has 1 aromatic heterocycles. The van der Waals surface area contributed by atoms with Crippen molar-refractivity contribution in [2.45, 2.75) is 46.1 Å². The van der Waals surface area contributed by atoms with Gasteiger partial charge in [0.25, 0.3) is 11.8 Å². The van der Waals surface area contributed by atoms with Crippen LogP contribution in [-0.2, 0) is 4.79 Å². The molecule has 5 N–H and O–H groups in total. The molecule has 0 saturated carbocycles. The molecule has 0 unspecified atom stereocenters. The second kappa shape index (κ2) is 8.60. The summed E-state index contributed by atoms with van der Waals surface area (Å²) in [5.41, 5.74) is 12.1. The van der Waals surface area contributed by atoms with Gasteiger partial charge in [0.15, 0.2) is 5.69 Å².